The van der Waals surface area contributed by atoms with E-state index in [1.807, 2.05) is 109 Å². The van der Waals surface area contributed by atoms with Crippen molar-refractivity contribution < 1.29 is 98.1 Å². The van der Waals surface area contributed by atoms with Crippen molar-refractivity contribution in [2.24, 2.45) is 22.2 Å². The second-order valence-corrected chi connectivity index (χ2v) is 29.5. The van der Waals surface area contributed by atoms with Gasteiger partial charge in [0.2, 0.25) is 17.7 Å². The van der Waals surface area contributed by atoms with E-state index >= 15 is 0 Å². The molecule has 708 valence electrons. The van der Waals surface area contributed by atoms with E-state index in [4.69, 9.17) is 52.0 Å². The fraction of sp³-hybridized carbons (Fsp3) is 0.562. The number of ether oxygens (including phenoxy) is 2. The number of aliphatic carboxylic acids is 2. The van der Waals surface area contributed by atoms with Crippen molar-refractivity contribution in [3.8, 4) is 0 Å². The monoisotopic (exact) mass is 1790 g/mol. The SMILES string of the molecule is CB(O)NCCCN(CCNB(C)O)C(=O)C[C@H](NB(C)O)C(=O)O.CB(O)NCCCN(CCNB(C)O)C(=O)C[C@H](NB(C)O)C(=O)OCc1ccccc1.CB(O)NCCNCCCN=CB=O.CB(O)N[C@@H](CC(=O)O)C(=O)OCc1ccccc1.CCN(CC)CC.NCCCNCCN.N[C@@H](CCc1ccccc1)C(=O)Nc1cnc2ccccc2c1. The topological polar surface area (TPSA) is 603 Å². The average molecular weight is 1790 g/mol. The van der Waals surface area contributed by atoms with E-state index in [0.717, 1.165) is 80.6 Å². The number of carboxylic acids is 2. The van der Waals surface area contributed by atoms with E-state index in [1.54, 1.807) is 57.3 Å². The van der Waals surface area contributed by atoms with Crippen LogP contribution in [-0.4, -0.2) is 330 Å². The van der Waals surface area contributed by atoms with Crippen molar-refractivity contribution in [3.05, 3.63) is 144 Å². The summed E-state index contributed by atoms with van der Waals surface area (Å²) >= 11 is 0. The smallest absolute Gasteiger partial charge is 0.374 e. The molecule has 0 aliphatic rings. The van der Waals surface area contributed by atoms with Gasteiger partial charge in [-0.3, -0.25) is 38.5 Å². The maximum atomic E-state index is 13.0. The van der Waals surface area contributed by atoms with Crippen LogP contribution in [0.3, 0.4) is 0 Å². The van der Waals surface area contributed by atoms with Crippen LogP contribution in [0.2, 0.25) is 54.6 Å². The van der Waals surface area contributed by atoms with Gasteiger partial charge in [0.15, 0.2) is 0 Å². The zero-order chi connectivity index (χ0) is 96.2. The number of hydrogen-bond acceptors (Lipinski definition) is 34. The number of carbonyl (C=O) groups excluding carboxylic acids is 5. The number of aliphatic imine (C=N–C) groups is 1. The Kier molecular flexibility index (Phi) is 75.8. The molecule has 0 fully saturated rings. The first kappa shape index (κ1) is 122. The van der Waals surface area contributed by atoms with Gasteiger partial charge in [-0.05, 0) is 155 Å². The molecule has 39 nitrogen and oxygen atoms in total. The molecule has 0 radical (unpaired) electrons. The molecule has 0 bridgehead atoms. The Balaban J connectivity index is 0. The minimum absolute atomic E-state index is 0.0667. The number of fused-ring (bicyclic) bond motifs is 1. The number of nitrogens with zero attached hydrogens (tertiary/aromatic N) is 5. The zero-order valence-corrected chi connectivity index (χ0v) is 76.9. The van der Waals surface area contributed by atoms with Gasteiger partial charge < -0.3 is 134 Å². The molecule has 48 heteroatoms. The molecule has 4 aromatic carbocycles. The average Bonchev–Trinajstić information content (AvgIpc) is 0.837. The number of anilines is 1. The van der Waals surface area contributed by atoms with Crippen LogP contribution in [0, 0.1) is 0 Å². The third-order valence-corrected chi connectivity index (χ3v) is 17.8. The number of amides is 3. The molecule has 0 aliphatic carbocycles. The Hall–Kier alpha value is -8.25. The third-order valence-electron chi connectivity index (χ3n) is 17.8. The van der Waals surface area contributed by atoms with E-state index in [1.165, 1.54) is 56.7 Å². The molecular weight excluding hydrogens is 1640 g/mol. The van der Waals surface area contributed by atoms with Crippen LogP contribution in [0.15, 0.2) is 133 Å². The van der Waals surface area contributed by atoms with Crippen molar-refractivity contribution in [1.82, 2.24) is 72.1 Å². The van der Waals surface area contributed by atoms with Crippen LogP contribution in [0.4, 0.5) is 5.69 Å². The van der Waals surface area contributed by atoms with Gasteiger partial charge in [-0.15, -0.1) is 0 Å². The molecule has 0 unspecified atom stereocenters. The standard InChI is InChI=1S/C19H35B3N4O6.C19H19N3O.C12H29B3N4O6.C12H16BNO5.C7H17B2N3O2.C6H15N.C5H15N3/c1-20(29)23-10-7-12-26(13-11-24-21(2)30)18(27)14-17(25-22(3)31)19(28)32-15-16-8-5-4-6-9-16;20-17(11-10-14-6-2-1-3-7-14)19(23)22-16-12-15-8-4-5-9-18(15)21-13-16;1-13(23)16-5-4-7-19(8-6-17-14(2)24)11(20)9-10(12(21)22)18-15(3)25;1-13(18)14-10(7-11(15)16)12(17)19-8-9-5-3-2-4-6-9;1-9(14)12-6-5-10-3-2-4-11-7-8-13;1-4-7(5-2)6-3;6-2-1-4-8-5-3-7/h4-6,8-9,17,23-25,29-31H,7,10-15H2,1-3H3;1-9,12-13,17H,10-11,20H2,(H,22,23);10,16-18,23-25H,4-9H2,1-3H3,(H,21,22);2-6,10,14,18H,7-8H2,1H3,(H,15,16);7,10,12,14H,2-6H2,1H3;4-6H2,1-3H3;8H,1-7H2/t2*17-;2*10-;;;/m0000.../s1. The Labute approximate surface area is 761 Å². The molecule has 1 heterocycles. The number of carboxylic acid groups (broad SMARTS) is 2. The van der Waals surface area contributed by atoms with Gasteiger partial charge in [-0.2, -0.15) is 0 Å². The van der Waals surface area contributed by atoms with E-state index < -0.39 is 111 Å². The van der Waals surface area contributed by atoms with Gasteiger partial charge in [0.1, 0.15) is 31.3 Å². The first-order valence-electron chi connectivity index (χ1n) is 43.8. The zero-order valence-electron chi connectivity index (χ0n) is 76.9. The number of nitrogens with two attached hydrogens (primary N) is 3. The molecular formula is C80H146B9N19O20. The predicted octanol–water partition coefficient (Wildman–Crippen LogP) is -1.66. The van der Waals surface area contributed by atoms with Crippen molar-refractivity contribution >= 4 is 128 Å². The van der Waals surface area contributed by atoms with E-state index in [0.29, 0.717) is 97.5 Å². The summed E-state index contributed by atoms with van der Waals surface area (Å²) in [5.41, 5.74) is 20.8. The normalized spacial score (nSPS) is 11.4. The summed E-state index contributed by atoms with van der Waals surface area (Å²) in [6, 6.07) is 34.2. The van der Waals surface area contributed by atoms with Crippen LogP contribution in [-0.2, 0) is 67.4 Å². The van der Waals surface area contributed by atoms with Crippen LogP contribution >= 0.6 is 0 Å². The summed E-state index contributed by atoms with van der Waals surface area (Å²) in [7, 11) is -5.52. The fourth-order valence-electron chi connectivity index (χ4n) is 11.2. The van der Waals surface area contributed by atoms with E-state index in [-0.39, 0.29) is 43.8 Å². The number of aromatic nitrogens is 1. The van der Waals surface area contributed by atoms with Gasteiger partial charge in [0.25, 0.3) is 0 Å². The van der Waals surface area contributed by atoms with Crippen molar-refractivity contribution in [2.45, 2.75) is 171 Å². The number of aryl methyl sites for hydroxylation is 1. The van der Waals surface area contributed by atoms with Crippen molar-refractivity contribution in [1.29, 1.82) is 0 Å². The molecule has 0 spiro atoms. The first-order valence-corrected chi connectivity index (χ1v) is 43.8. The van der Waals surface area contributed by atoms with E-state index in [2.05, 4.69) is 93.4 Å². The van der Waals surface area contributed by atoms with Crippen molar-refractivity contribution in [3.63, 3.8) is 0 Å². The van der Waals surface area contributed by atoms with Gasteiger partial charge in [0, 0.05) is 57.7 Å². The summed E-state index contributed by atoms with van der Waals surface area (Å²) < 4.78 is 20.2. The number of hydrogen-bond donors (Lipinski definition) is 24. The Bertz CT molecular complexity index is 3670. The number of esters is 2. The number of pyridine rings is 1. The first-order chi connectivity index (χ1) is 61.1. The number of para-hydroxylation sites is 1. The quantitative estimate of drug-likeness (QED) is 0.00896. The second-order valence-electron chi connectivity index (χ2n) is 29.5. The third kappa shape index (κ3) is 70.6. The number of carbonyl (C=O) groups is 7. The Morgan fingerprint density at radius 2 is 0.898 bits per heavy atom. The van der Waals surface area contributed by atoms with Gasteiger partial charge in [0.05, 0.1) is 42.7 Å². The maximum Gasteiger partial charge on any atom is 0.374 e. The molecule has 5 rings (SSSR count). The molecule has 5 aromatic rings. The van der Waals surface area contributed by atoms with Gasteiger partial charge >= 0.3 is 158 Å². The largest absolute Gasteiger partial charge is 0.481 e. The summed E-state index contributed by atoms with van der Waals surface area (Å²) in [5, 5.41) is 124. The number of nitrogens with one attached hydrogen (secondary N) is 11. The number of benzene rings is 4. The van der Waals surface area contributed by atoms with Gasteiger partial charge in [-0.25, -0.2) is 0 Å². The molecule has 0 aliphatic heterocycles. The van der Waals surface area contributed by atoms with E-state index in [9.17, 15) is 63.4 Å². The number of rotatable bonds is 59. The van der Waals surface area contributed by atoms with Crippen LogP contribution in [0.5, 0.6) is 0 Å². The van der Waals surface area contributed by atoms with Crippen LogP contribution < -0.4 is 75.0 Å². The Morgan fingerprint density at radius 3 is 1.32 bits per heavy atom. The molecule has 27 N–H and O–H groups in total. The molecule has 4 atom stereocenters. The summed E-state index contributed by atoms with van der Waals surface area (Å²) in [5.74, 6) is -4.53. The minimum Gasteiger partial charge on any atom is -0.481 e. The molecule has 0 saturated heterocycles. The molecule has 128 heavy (non-hydrogen) atoms. The van der Waals surface area contributed by atoms with Crippen LogP contribution in [0.25, 0.3) is 10.9 Å². The Morgan fingerprint density at radius 1 is 0.484 bits per heavy atom. The van der Waals surface area contributed by atoms with Crippen molar-refractivity contribution in [2.75, 3.05) is 130 Å². The summed E-state index contributed by atoms with van der Waals surface area (Å²) in [4.78, 5) is 97.4. The fourth-order valence-corrected chi connectivity index (χ4v) is 11.2. The second kappa shape index (κ2) is 79.7. The summed E-state index contributed by atoms with van der Waals surface area (Å²) in [6.45, 7) is 32.2. The van der Waals surface area contributed by atoms with Crippen LogP contribution in [0.1, 0.15) is 88.8 Å². The molecule has 3 amide bonds. The minimum atomic E-state index is -1.22. The molecule has 1 aromatic heterocycles. The maximum absolute atomic E-state index is 13.0. The predicted molar refractivity (Wildman–Crippen MR) is 515 cm³/mol. The molecule has 0 saturated carbocycles. The van der Waals surface area contributed by atoms with Gasteiger partial charge in [-0.1, -0.05) is 130 Å². The summed E-state index contributed by atoms with van der Waals surface area (Å²) in [6.07, 6.45) is 6.53.